The number of nitro benzene ring substituents is 1. The lowest BCUT2D eigenvalue weighted by atomic mass is 9.83. The summed E-state index contributed by atoms with van der Waals surface area (Å²) in [6.07, 6.45) is 4.45. The maximum Gasteiger partial charge on any atom is 0.294 e. The van der Waals surface area contributed by atoms with Crippen LogP contribution in [0.4, 0.5) is 11.4 Å². The molecule has 2 rings (SSSR count). The molecule has 1 aliphatic rings. The molecule has 2 N–H and O–H groups in total. The van der Waals surface area contributed by atoms with Crippen molar-refractivity contribution in [3.8, 4) is 0 Å². The summed E-state index contributed by atoms with van der Waals surface area (Å²) < 4.78 is 0. The number of nitrogens with two attached hydrogens (primary N) is 1. The molecule has 2 unspecified atom stereocenters. The fraction of sp³-hybridized carbons (Fsp3) is 0.571. The highest BCUT2D eigenvalue weighted by molar-refractivity contribution is 6.30. The quantitative estimate of drug-likeness (QED) is 0.684. The number of anilines is 1. The highest BCUT2D eigenvalue weighted by atomic mass is 35.5. The Morgan fingerprint density at radius 1 is 1.45 bits per heavy atom. The van der Waals surface area contributed by atoms with Crippen LogP contribution in [0.3, 0.4) is 0 Å². The Labute approximate surface area is 123 Å². The van der Waals surface area contributed by atoms with Crippen LogP contribution in [0.2, 0.25) is 5.02 Å². The zero-order chi connectivity index (χ0) is 14.7. The third-order valence-electron chi connectivity index (χ3n) is 4.18. The molecule has 6 heteroatoms. The van der Waals surface area contributed by atoms with Gasteiger partial charge in [0, 0.05) is 24.2 Å². The van der Waals surface area contributed by atoms with Gasteiger partial charge in [0.1, 0.15) is 5.69 Å². The third-order valence-corrected chi connectivity index (χ3v) is 4.42. The second-order valence-corrected chi connectivity index (χ2v) is 5.79. The average Bonchev–Trinajstić information content (AvgIpc) is 2.46. The summed E-state index contributed by atoms with van der Waals surface area (Å²) >= 11 is 5.86. The topological polar surface area (TPSA) is 72.4 Å². The monoisotopic (exact) mass is 297 g/mol. The van der Waals surface area contributed by atoms with E-state index in [1.54, 1.807) is 12.1 Å². The second kappa shape index (κ2) is 6.41. The van der Waals surface area contributed by atoms with E-state index < -0.39 is 0 Å². The minimum atomic E-state index is -0.377. The molecule has 0 saturated heterocycles. The van der Waals surface area contributed by atoms with Crippen LogP contribution in [0, 0.1) is 16.0 Å². The van der Waals surface area contributed by atoms with Crippen LogP contribution in [0.5, 0.6) is 0 Å². The molecule has 0 radical (unpaired) electrons. The average molecular weight is 298 g/mol. The summed E-state index contributed by atoms with van der Waals surface area (Å²) in [7, 11) is 1.91. The Kier molecular flexibility index (Phi) is 4.83. The van der Waals surface area contributed by atoms with Gasteiger partial charge in [0.2, 0.25) is 0 Å². The third kappa shape index (κ3) is 3.04. The molecule has 1 aliphatic carbocycles. The molecule has 1 aromatic rings. The van der Waals surface area contributed by atoms with Gasteiger partial charge in [-0.1, -0.05) is 24.4 Å². The van der Waals surface area contributed by atoms with Crippen LogP contribution in [0.15, 0.2) is 18.2 Å². The minimum absolute atomic E-state index is 0.0568. The summed E-state index contributed by atoms with van der Waals surface area (Å²) in [6, 6.07) is 5.09. The van der Waals surface area contributed by atoms with Gasteiger partial charge in [-0.15, -0.1) is 0 Å². The molecule has 0 heterocycles. The van der Waals surface area contributed by atoms with Crippen molar-refractivity contribution in [1.82, 2.24) is 0 Å². The van der Waals surface area contributed by atoms with Gasteiger partial charge in [-0.25, -0.2) is 0 Å². The number of hydrogen-bond donors (Lipinski definition) is 1. The van der Waals surface area contributed by atoms with Crippen molar-refractivity contribution in [3.05, 3.63) is 33.3 Å². The molecule has 0 bridgehead atoms. The van der Waals surface area contributed by atoms with E-state index in [1.807, 2.05) is 11.9 Å². The van der Waals surface area contributed by atoms with E-state index >= 15 is 0 Å². The maximum absolute atomic E-state index is 11.2. The van der Waals surface area contributed by atoms with Gasteiger partial charge in [0.15, 0.2) is 0 Å². The number of rotatable bonds is 4. The molecule has 0 spiro atoms. The van der Waals surface area contributed by atoms with E-state index in [-0.39, 0.29) is 16.7 Å². The van der Waals surface area contributed by atoms with Gasteiger partial charge in [0.25, 0.3) is 5.69 Å². The number of nitro groups is 1. The lowest BCUT2D eigenvalue weighted by Crippen LogP contribution is -2.43. The number of benzene rings is 1. The number of halogens is 1. The molecule has 5 nitrogen and oxygen atoms in total. The van der Waals surface area contributed by atoms with Crippen LogP contribution < -0.4 is 10.6 Å². The molecule has 1 saturated carbocycles. The Balaban J connectivity index is 2.32. The number of hydrogen-bond acceptors (Lipinski definition) is 4. The van der Waals surface area contributed by atoms with Gasteiger partial charge >= 0.3 is 0 Å². The summed E-state index contributed by atoms with van der Waals surface area (Å²) in [4.78, 5) is 12.8. The van der Waals surface area contributed by atoms with Crippen molar-refractivity contribution in [2.24, 2.45) is 11.7 Å². The summed E-state index contributed by atoms with van der Waals surface area (Å²) in [5.74, 6) is 0.393. The SMILES string of the molecule is CN(c1ccc(Cl)cc1[N+](=O)[O-])C1CCCCC1CN. The Morgan fingerprint density at radius 3 is 2.80 bits per heavy atom. The second-order valence-electron chi connectivity index (χ2n) is 5.35. The van der Waals surface area contributed by atoms with Gasteiger partial charge < -0.3 is 10.6 Å². The van der Waals surface area contributed by atoms with Gasteiger partial charge in [-0.3, -0.25) is 10.1 Å². The Morgan fingerprint density at radius 2 is 2.15 bits per heavy atom. The molecule has 110 valence electrons. The van der Waals surface area contributed by atoms with Crippen molar-refractivity contribution in [2.45, 2.75) is 31.7 Å². The lowest BCUT2D eigenvalue weighted by Gasteiger charge is -2.38. The zero-order valence-electron chi connectivity index (χ0n) is 11.6. The molecular weight excluding hydrogens is 278 g/mol. The zero-order valence-corrected chi connectivity index (χ0v) is 12.3. The molecule has 0 aromatic heterocycles. The van der Waals surface area contributed by atoms with Crippen LogP contribution in [-0.2, 0) is 0 Å². The highest BCUT2D eigenvalue weighted by Crippen LogP contribution is 2.36. The van der Waals surface area contributed by atoms with E-state index in [1.165, 1.54) is 12.5 Å². The van der Waals surface area contributed by atoms with Crippen molar-refractivity contribution < 1.29 is 4.92 Å². The molecule has 1 fully saturated rings. The van der Waals surface area contributed by atoms with Crippen molar-refractivity contribution in [2.75, 3.05) is 18.5 Å². The normalized spacial score (nSPS) is 22.6. The Hall–Kier alpha value is -1.33. The summed E-state index contributed by atoms with van der Waals surface area (Å²) in [5, 5.41) is 11.6. The van der Waals surface area contributed by atoms with Crippen LogP contribution in [0.1, 0.15) is 25.7 Å². The van der Waals surface area contributed by atoms with Crippen molar-refractivity contribution in [3.63, 3.8) is 0 Å². The van der Waals surface area contributed by atoms with Crippen molar-refractivity contribution >= 4 is 23.0 Å². The maximum atomic E-state index is 11.2. The predicted octanol–water partition coefficient (Wildman–Crippen LogP) is 3.20. The standard InChI is InChI=1S/C14H20ClN3O2/c1-17(12-5-3-2-4-10(12)9-16)13-7-6-11(15)8-14(13)18(19)20/h6-8,10,12H,2-5,9,16H2,1H3. The van der Waals surface area contributed by atoms with Gasteiger partial charge in [-0.05, 0) is 37.4 Å². The first-order valence-electron chi connectivity index (χ1n) is 6.91. The first-order chi connectivity index (χ1) is 9.54. The smallest absolute Gasteiger partial charge is 0.294 e. The van der Waals surface area contributed by atoms with Crippen LogP contribution >= 0.6 is 11.6 Å². The van der Waals surface area contributed by atoms with E-state index in [0.29, 0.717) is 23.2 Å². The summed E-state index contributed by atoms with van der Waals surface area (Å²) in [5.41, 5.74) is 6.52. The van der Waals surface area contributed by atoms with Gasteiger partial charge in [-0.2, -0.15) is 0 Å². The fourth-order valence-corrected chi connectivity index (χ4v) is 3.26. The van der Waals surface area contributed by atoms with E-state index in [9.17, 15) is 10.1 Å². The first-order valence-corrected chi connectivity index (χ1v) is 7.29. The van der Waals surface area contributed by atoms with E-state index in [0.717, 1.165) is 19.3 Å². The van der Waals surface area contributed by atoms with E-state index in [4.69, 9.17) is 17.3 Å². The van der Waals surface area contributed by atoms with Crippen LogP contribution in [-0.4, -0.2) is 24.6 Å². The molecule has 20 heavy (non-hydrogen) atoms. The molecule has 0 amide bonds. The molecule has 2 atom stereocenters. The van der Waals surface area contributed by atoms with Gasteiger partial charge in [0.05, 0.1) is 4.92 Å². The first kappa shape index (κ1) is 15.1. The predicted molar refractivity (Wildman–Crippen MR) is 81.3 cm³/mol. The molecule has 0 aliphatic heterocycles. The fourth-order valence-electron chi connectivity index (χ4n) is 3.09. The summed E-state index contributed by atoms with van der Waals surface area (Å²) in [6.45, 7) is 0.621. The molecule has 1 aromatic carbocycles. The lowest BCUT2D eigenvalue weighted by molar-refractivity contribution is -0.384. The number of nitrogens with zero attached hydrogens (tertiary/aromatic N) is 2. The molecular formula is C14H20ClN3O2. The van der Waals surface area contributed by atoms with Crippen molar-refractivity contribution in [1.29, 1.82) is 0 Å². The van der Waals surface area contributed by atoms with E-state index in [2.05, 4.69) is 0 Å². The highest BCUT2D eigenvalue weighted by Gasteiger charge is 2.30. The largest absolute Gasteiger partial charge is 0.366 e. The minimum Gasteiger partial charge on any atom is -0.366 e. The van der Waals surface area contributed by atoms with Crippen LogP contribution in [0.25, 0.3) is 0 Å². The Bertz CT molecular complexity index is 495.